The molecule has 2 rings (SSSR count). The zero-order chi connectivity index (χ0) is 10.7. The zero-order valence-electron chi connectivity index (χ0n) is 8.86. The van der Waals surface area contributed by atoms with Gasteiger partial charge in [0.25, 0.3) is 0 Å². The number of methoxy groups -OCH3 is 1. The van der Waals surface area contributed by atoms with E-state index in [0.29, 0.717) is 19.8 Å². The van der Waals surface area contributed by atoms with Crippen LogP contribution >= 0.6 is 0 Å². The fraction of sp³-hybridized carbons (Fsp3) is 0.455. The number of rotatable bonds is 3. The van der Waals surface area contributed by atoms with E-state index in [0.717, 1.165) is 17.1 Å². The van der Waals surface area contributed by atoms with Crippen molar-refractivity contribution in [2.75, 3.05) is 26.9 Å². The lowest BCUT2D eigenvalue weighted by molar-refractivity contribution is -0.386. The second-order valence-electron chi connectivity index (χ2n) is 3.42. The molecule has 1 atom stereocenters. The summed E-state index contributed by atoms with van der Waals surface area (Å²) in [6, 6.07) is 5.88. The molecule has 0 aromatic heterocycles. The maximum atomic E-state index is 5.50. The highest BCUT2D eigenvalue weighted by molar-refractivity contribution is 5.44. The molecule has 0 fully saturated rings. The van der Waals surface area contributed by atoms with Crippen LogP contribution in [0.25, 0.3) is 0 Å². The molecule has 0 saturated carbocycles. The maximum Gasteiger partial charge on any atom is 0.161 e. The van der Waals surface area contributed by atoms with Crippen LogP contribution in [0.3, 0.4) is 0 Å². The lowest BCUT2D eigenvalue weighted by atomic mass is 10.1. The Labute approximate surface area is 88.9 Å². The number of ether oxygens (including phenoxy) is 3. The number of fused-ring (bicyclic) bond motifs is 1. The van der Waals surface area contributed by atoms with Gasteiger partial charge < -0.3 is 19.9 Å². The van der Waals surface area contributed by atoms with Crippen molar-refractivity contribution in [3.8, 4) is 11.5 Å². The smallest absolute Gasteiger partial charge is 0.161 e. The lowest BCUT2D eigenvalue weighted by Gasteiger charge is -2.20. The van der Waals surface area contributed by atoms with Crippen LogP contribution in [-0.4, -0.2) is 26.9 Å². The van der Waals surface area contributed by atoms with Crippen LogP contribution < -0.4 is 15.2 Å². The van der Waals surface area contributed by atoms with Crippen molar-refractivity contribution in [2.45, 2.75) is 6.10 Å². The third-order valence-electron chi connectivity index (χ3n) is 2.48. The Morgan fingerprint density at radius 3 is 2.73 bits per heavy atom. The lowest BCUT2D eigenvalue weighted by Crippen LogP contribution is -2.53. The van der Waals surface area contributed by atoms with E-state index in [-0.39, 0.29) is 6.10 Å². The molecule has 0 radical (unpaired) electrons. The van der Waals surface area contributed by atoms with E-state index in [9.17, 15) is 0 Å². The molecule has 1 aliphatic heterocycles. The van der Waals surface area contributed by atoms with Crippen LogP contribution in [0.4, 0.5) is 0 Å². The summed E-state index contributed by atoms with van der Waals surface area (Å²) in [4.78, 5) is 0. The largest absolute Gasteiger partial charge is 0.486 e. The van der Waals surface area contributed by atoms with Crippen LogP contribution in [0.5, 0.6) is 11.5 Å². The second kappa shape index (κ2) is 4.51. The minimum atomic E-state index is 0.0285. The van der Waals surface area contributed by atoms with Crippen molar-refractivity contribution in [3.05, 3.63) is 23.8 Å². The van der Waals surface area contributed by atoms with Crippen LogP contribution in [-0.2, 0) is 4.74 Å². The molecule has 15 heavy (non-hydrogen) atoms. The quantitative estimate of drug-likeness (QED) is 0.785. The first-order valence-electron chi connectivity index (χ1n) is 5.06. The molecule has 1 aromatic rings. The number of benzene rings is 1. The minimum Gasteiger partial charge on any atom is -0.486 e. The summed E-state index contributed by atoms with van der Waals surface area (Å²) in [5.41, 5.74) is 4.93. The molecule has 1 aromatic carbocycles. The van der Waals surface area contributed by atoms with E-state index >= 15 is 0 Å². The van der Waals surface area contributed by atoms with Gasteiger partial charge in [-0.25, -0.2) is 0 Å². The van der Waals surface area contributed by atoms with Crippen molar-refractivity contribution in [1.29, 1.82) is 0 Å². The van der Waals surface area contributed by atoms with Gasteiger partial charge in [-0.3, -0.25) is 0 Å². The van der Waals surface area contributed by atoms with E-state index in [1.165, 1.54) is 0 Å². The minimum absolute atomic E-state index is 0.0285. The first-order chi connectivity index (χ1) is 7.35. The normalized spacial score (nSPS) is 16.1. The highest BCUT2D eigenvalue weighted by Crippen LogP contribution is 2.32. The van der Waals surface area contributed by atoms with E-state index in [2.05, 4.69) is 5.73 Å². The van der Waals surface area contributed by atoms with Crippen molar-refractivity contribution in [1.82, 2.24) is 0 Å². The molecule has 4 heteroatoms. The molecule has 0 amide bonds. The molecule has 0 spiro atoms. The van der Waals surface area contributed by atoms with E-state index in [1.807, 2.05) is 18.2 Å². The number of hydrogen-bond donors (Lipinski definition) is 1. The van der Waals surface area contributed by atoms with Gasteiger partial charge in [0.15, 0.2) is 11.5 Å². The molecule has 3 N–H and O–H groups in total. The standard InChI is InChI=1S/C11H15NO3/c1-13-11(7-12)8-2-3-9-10(6-8)15-5-4-14-9/h2-3,6,11H,4-5,7,12H2,1H3/p+1/t11-/m0/s1. The van der Waals surface area contributed by atoms with E-state index < -0.39 is 0 Å². The predicted octanol–water partition coefficient (Wildman–Crippen LogP) is 0.387. The number of quaternary nitrogens is 1. The Bertz CT molecular complexity index is 337. The Balaban J connectivity index is 2.27. The first kappa shape index (κ1) is 10.3. The average molecular weight is 210 g/mol. The van der Waals surface area contributed by atoms with E-state index in [1.54, 1.807) is 7.11 Å². The summed E-state index contributed by atoms with van der Waals surface area (Å²) in [7, 11) is 1.69. The highest BCUT2D eigenvalue weighted by Gasteiger charge is 2.16. The molecule has 82 valence electrons. The molecule has 1 heterocycles. The van der Waals surface area contributed by atoms with Crippen molar-refractivity contribution in [2.24, 2.45) is 0 Å². The molecule has 1 aliphatic rings. The molecular weight excluding hydrogens is 194 g/mol. The summed E-state index contributed by atoms with van der Waals surface area (Å²) < 4.78 is 16.3. The van der Waals surface area contributed by atoms with Crippen LogP contribution in [0.1, 0.15) is 11.7 Å². The SMILES string of the molecule is CO[C@@H](C[NH3+])c1ccc2c(c1)OCCO2. The Kier molecular flexibility index (Phi) is 3.08. The first-order valence-corrected chi connectivity index (χ1v) is 5.06. The van der Waals surface area contributed by atoms with Crippen molar-refractivity contribution >= 4 is 0 Å². The van der Waals surface area contributed by atoms with Gasteiger partial charge in [-0.15, -0.1) is 0 Å². The van der Waals surface area contributed by atoms with Crippen molar-refractivity contribution in [3.63, 3.8) is 0 Å². The molecule has 0 bridgehead atoms. The predicted molar refractivity (Wildman–Crippen MR) is 54.9 cm³/mol. The van der Waals surface area contributed by atoms with Gasteiger partial charge >= 0.3 is 0 Å². The average Bonchev–Trinajstić information content (AvgIpc) is 2.30. The second-order valence-corrected chi connectivity index (χ2v) is 3.42. The van der Waals surface area contributed by atoms with Gasteiger partial charge in [0, 0.05) is 7.11 Å². The fourth-order valence-electron chi connectivity index (χ4n) is 1.68. The summed E-state index contributed by atoms with van der Waals surface area (Å²) in [5, 5.41) is 0. The molecule has 0 aliphatic carbocycles. The van der Waals surface area contributed by atoms with Crippen molar-refractivity contribution < 1.29 is 19.9 Å². The van der Waals surface area contributed by atoms with Crippen LogP contribution in [0, 0.1) is 0 Å². The zero-order valence-corrected chi connectivity index (χ0v) is 8.86. The summed E-state index contributed by atoms with van der Waals surface area (Å²) in [6.07, 6.45) is 0.0285. The van der Waals surface area contributed by atoms with Gasteiger partial charge in [-0.2, -0.15) is 0 Å². The highest BCUT2D eigenvalue weighted by atomic mass is 16.6. The maximum absolute atomic E-state index is 5.50. The molecular formula is C11H16NO3+. The number of hydrogen-bond acceptors (Lipinski definition) is 3. The van der Waals surface area contributed by atoms with Gasteiger partial charge in [0.2, 0.25) is 0 Å². The monoisotopic (exact) mass is 210 g/mol. The third kappa shape index (κ3) is 2.06. The Morgan fingerprint density at radius 1 is 1.33 bits per heavy atom. The molecule has 4 nitrogen and oxygen atoms in total. The van der Waals surface area contributed by atoms with Crippen LogP contribution in [0.2, 0.25) is 0 Å². The summed E-state index contributed by atoms with van der Waals surface area (Å²) in [6.45, 7) is 1.93. The Morgan fingerprint density at radius 2 is 2.07 bits per heavy atom. The summed E-state index contributed by atoms with van der Waals surface area (Å²) >= 11 is 0. The van der Waals surface area contributed by atoms with Crippen LogP contribution in [0.15, 0.2) is 18.2 Å². The van der Waals surface area contributed by atoms with E-state index in [4.69, 9.17) is 14.2 Å². The Hall–Kier alpha value is -1.26. The summed E-state index contributed by atoms with van der Waals surface area (Å²) in [5.74, 6) is 1.61. The molecule has 0 unspecified atom stereocenters. The fourth-order valence-corrected chi connectivity index (χ4v) is 1.68. The topological polar surface area (TPSA) is 55.3 Å². The van der Waals surface area contributed by atoms with Gasteiger partial charge in [-0.05, 0) is 17.7 Å². The van der Waals surface area contributed by atoms with Gasteiger partial charge in [-0.1, -0.05) is 6.07 Å². The van der Waals surface area contributed by atoms with Gasteiger partial charge in [0.05, 0.1) is 0 Å². The third-order valence-corrected chi connectivity index (χ3v) is 2.48. The molecule has 0 saturated heterocycles. The van der Waals surface area contributed by atoms with Gasteiger partial charge in [0.1, 0.15) is 25.9 Å².